The third kappa shape index (κ3) is 3.05. The van der Waals surface area contributed by atoms with Crippen LogP contribution in [0.3, 0.4) is 0 Å². The zero-order valence-corrected chi connectivity index (χ0v) is 15.3. The monoisotopic (exact) mass is 373 g/mol. The van der Waals surface area contributed by atoms with Gasteiger partial charge in [-0.05, 0) is 43.5 Å². The van der Waals surface area contributed by atoms with Crippen LogP contribution in [0.4, 0.5) is 4.39 Å². The quantitative estimate of drug-likeness (QED) is 0.585. The Morgan fingerprint density at radius 3 is 2.96 bits per heavy atom. The number of aromatic nitrogens is 4. The molecule has 1 aliphatic carbocycles. The standard InChI is InChI=1S/C22H20FN5/c23-18-6-3-5-15-10-11-16(27-22(15)18)13-25-19-7-4-8-20-17(19)14-26-28(20)21-9-1-2-12-24-21/h1-3,5-6,9-12,14,19,25H,4,7-8,13H2. The Morgan fingerprint density at radius 2 is 2.07 bits per heavy atom. The van der Waals surface area contributed by atoms with E-state index in [2.05, 4.69) is 20.4 Å². The van der Waals surface area contributed by atoms with Gasteiger partial charge in [-0.1, -0.05) is 24.3 Å². The molecule has 0 bridgehead atoms. The van der Waals surface area contributed by atoms with Crippen molar-refractivity contribution in [2.45, 2.75) is 31.8 Å². The Morgan fingerprint density at radius 1 is 1.11 bits per heavy atom. The third-order valence-corrected chi connectivity index (χ3v) is 5.31. The average Bonchev–Trinajstić information content (AvgIpc) is 3.18. The SMILES string of the molecule is Fc1cccc2ccc(CNC3CCCc4c3cnn4-c3ccccn3)nc12. The molecule has 0 saturated carbocycles. The van der Waals surface area contributed by atoms with Crippen molar-refractivity contribution in [2.75, 3.05) is 0 Å². The van der Waals surface area contributed by atoms with Gasteiger partial charge in [-0.3, -0.25) is 0 Å². The van der Waals surface area contributed by atoms with Crippen molar-refractivity contribution < 1.29 is 4.39 Å². The van der Waals surface area contributed by atoms with Crippen LogP contribution in [0.25, 0.3) is 16.7 Å². The lowest BCUT2D eigenvalue weighted by Gasteiger charge is -2.24. The van der Waals surface area contributed by atoms with Crippen molar-refractivity contribution in [3.8, 4) is 5.82 Å². The second kappa shape index (κ2) is 7.13. The van der Waals surface area contributed by atoms with E-state index in [1.807, 2.05) is 47.3 Å². The number of halogens is 1. The van der Waals surface area contributed by atoms with Crippen LogP contribution in [0.5, 0.6) is 0 Å². The second-order valence-corrected chi connectivity index (χ2v) is 7.09. The number of nitrogens with one attached hydrogen (secondary N) is 1. The Bertz CT molecular complexity index is 1120. The number of pyridine rings is 2. The number of fused-ring (bicyclic) bond motifs is 2. The highest BCUT2D eigenvalue weighted by atomic mass is 19.1. The van der Waals surface area contributed by atoms with Crippen LogP contribution in [0, 0.1) is 5.82 Å². The topological polar surface area (TPSA) is 55.6 Å². The van der Waals surface area contributed by atoms with Gasteiger partial charge in [0.25, 0.3) is 0 Å². The van der Waals surface area contributed by atoms with Gasteiger partial charge in [-0.25, -0.2) is 19.0 Å². The van der Waals surface area contributed by atoms with Crippen LogP contribution < -0.4 is 5.32 Å². The summed E-state index contributed by atoms with van der Waals surface area (Å²) in [5, 5.41) is 8.98. The van der Waals surface area contributed by atoms with E-state index in [0.717, 1.165) is 36.2 Å². The van der Waals surface area contributed by atoms with Gasteiger partial charge in [-0.15, -0.1) is 0 Å². The minimum Gasteiger partial charge on any atom is -0.304 e. The maximum atomic E-state index is 14.0. The number of para-hydroxylation sites is 1. The lowest BCUT2D eigenvalue weighted by molar-refractivity contribution is 0.452. The van der Waals surface area contributed by atoms with Crippen molar-refractivity contribution in [1.29, 1.82) is 0 Å². The van der Waals surface area contributed by atoms with Gasteiger partial charge in [0.1, 0.15) is 11.3 Å². The smallest absolute Gasteiger partial charge is 0.153 e. The molecule has 1 aliphatic rings. The molecule has 4 aromatic rings. The molecule has 5 nitrogen and oxygen atoms in total. The van der Waals surface area contributed by atoms with Crippen molar-refractivity contribution >= 4 is 10.9 Å². The molecule has 140 valence electrons. The molecule has 28 heavy (non-hydrogen) atoms. The summed E-state index contributed by atoms with van der Waals surface area (Å²) in [6.07, 6.45) is 6.84. The molecule has 0 saturated heterocycles. The zero-order chi connectivity index (χ0) is 18.9. The van der Waals surface area contributed by atoms with Gasteiger partial charge >= 0.3 is 0 Å². The molecule has 0 amide bonds. The Kier molecular flexibility index (Phi) is 4.33. The first kappa shape index (κ1) is 17.0. The lowest BCUT2D eigenvalue weighted by Crippen LogP contribution is -2.25. The number of benzene rings is 1. The Balaban J connectivity index is 1.38. The fourth-order valence-corrected chi connectivity index (χ4v) is 3.92. The third-order valence-electron chi connectivity index (χ3n) is 5.31. The molecular weight excluding hydrogens is 353 g/mol. The first-order chi connectivity index (χ1) is 13.8. The highest BCUT2D eigenvalue weighted by Crippen LogP contribution is 2.31. The molecule has 3 aromatic heterocycles. The summed E-state index contributed by atoms with van der Waals surface area (Å²) in [5.41, 5.74) is 3.68. The number of nitrogens with zero attached hydrogens (tertiary/aromatic N) is 4. The number of rotatable bonds is 4. The van der Waals surface area contributed by atoms with Crippen LogP contribution in [0.15, 0.2) is 60.9 Å². The molecule has 1 aromatic carbocycles. The Labute approximate surface area is 162 Å². The van der Waals surface area contributed by atoms with E-state index in [4.69, 9.17) is 0 Å². The summed E-state index contributed by atoms with van der Waals surface area (Å²) >= 11 is 0. The van der Waals surface area contributed by atoms with E-state index >= 15 is 0 Å². The van der Waals surface area contributed by atoms with E-state index < -0.39 is 0 Å². The van der Waals surface area contributed by atoms with Crippen LogP contribution in [0.1, 0.15) is 35.8 Å². The van der Waals surface area contributed by atoms with E-state index in [0.29, 0.717) is 12.1 Å². The summed E-state index contributed by atoms with van der Waals surface area (Å²) in [4.78, 5) is 8.92. The van der Waals surface area contributed by atoms with E-state index in [-0.39, 0.29) is 11.9 Å². The predicted octanol–water partition coefficient (Wildman–Crippen LogP) is 4.12. The van der Waals surface area contributed by atoms with Gasteiger partial charge in [0.05, 0.1) is 17.6 Å². The lowest BCUT2D eigenvalue weighted by atomic mass is 9.93. The van der Waals surface area contributed by atoms with Crippen LogP contribution >= 0.6 is 0 Å². The van der Waals surface area contributed by atoms with Gasteiger partial charge in [0.2, 0.25) is 0 Å². The highest BCUT2D eigenvalue weighted by Gasteiger charge is 2.24. The zero-order valence-electron chi connectivity index (χ0n) is 15.3. The minimum atomic E-state index is -0.282. The second-order valence-electron chi connectivity index (χ2n) is 7.09. The van der Waals surface area contributed by atoms with Crippen molar-refractivity contribution in [3.63, 3.8) is 0 Å². The van der Waals surface area contributed by atoms with E-state index in [1.54, 1.807) is 12.3 Å². The summed E-state index contributed by atoms with van der Waals surface area (Å²) in [5.74, 6) is 0.562. The number of hydrogen-bond acceptors (Lipinski definition) is 4. The summed E-state index contributed by atoms with van der Waals surface area (Å²) < 4.78 is 16.0. The average molecular weight is 373 g/mol. The molecule has 0 radical (unpaired) electrons. The van der Waals surface area contributed by atoms with Crippen molar-refractivity contribution in [2.24, 2.45) is 0 Å². The first-order valence-electron chi connectivity index (χ1n) is 9.55. The van der Waals surface area contributed by atoms with Gasteiger partial charge in [0.15, 0.2) is 5.82 Å². The first-order valence-corrected chi connectivity index (χ1v) is 9.55. The summed E-state index contributed by atoms with van der Waals surface area (Å²) in [6.45, 7) is 0.586. The summed E-state index contributed by atoms with van der Waals surface area (Å²) in [6, 6.07) is 15.0. The van der Waals surface area contributed by atoms with Gasteiger partial charge in [0, 0.05) is 29.7 Å². The predicted molar refractivity (Wildman–Crippen MR) is 106 cm³/mol. The molecular formula is C22H20FN5. The number of hydrogen-bond donors (Lipinski definition) is 1. The van der Waals surface area contributed by atoms with E-state index in [1.165, 1.54) is 17.3 Å². The molecule has 0 aliphatic heterocycles. The molecule has 6 heteroatoms. The highest BCUT2D eigenvalue weighted by molar-refractivity contribution is 5.79. The molecule has 0 spiro atoms. The normalized spacial score (nSPS) is 16.2. The molecule has 3 heterocycles. The molecule has 1 unspecified atom stereocenters. The van der Waals surface area contributed by atoms with Crippen LogP contribution in [0.2, 0.25) is 0 Å². The van der Waals surface area contributed by atoms with Crippen LogP contribution in [-0.2, 0) is 13.0 Å². The maximum Gasteiger partial charge on any atom is 0.153 e. The molecule has 1 N–H and O–H groups in total. The maximum absolute atomic E-state index is 14.0. The molecule has 1 atom stereocenters. The fraction of sp³-hybridized carbons (Fsp3) is 0.227. The van der Waals surface area contributed by atoms with E-state index in [9.17, 15) is 4.39 Å². The Hall–Kier alpha value is -3.12. The largest absolute Gasteiger partial charge is 0.304 e. The van der Waals surface area contributed by atoms with Gasteiger partial charge in [-0.2, -0.15) is 5.10 Å². The van der Waals surface area contributed by atoms with Crippen LogP contribution in [-0.4, -0.2) is 19.7 Å². The summed E-state index contributed by atoms with van der Waals surface area (Å²) in [7, 11) is 0. The fourth-order valence-electron chi connectivity index (χ4n) is 3.92. The molecule has 0 fully saturated rings. The molecule has 5 rings (SSSR count). The van der Waals surface area contributed by atoms with Gasteiger partial charge < -0.3 is 5.32 Å². The van der Waals surface area contributed by atoms with Crippen molar-refractivity contribution in [3.05, 3.63) is 83.7 Å². The minimum absolute atomic E-state index is 0.208. The van der Waals surface area contributed by atoms with Crippen molar-refractivity contribution in [1.82, 2.24) is 25.1 Å².